The Labute approximate surface area is 212 Å². The highest BCUT2D eigenvalue weighted by molar-refractivity contribution is 8.00. The van der Waals surface area contributed by atoms with Gasteiger partial charge in [0.2, 0.25) is 5.91 Å². The number of carbonyl (C=O) groups is 2. The van der Waals surface area contributed by atoms with Gasteiger partial charge in [0.25, 0.3) is 0 Å². The van der Waals surface area contributed by atoms with E-state index < -0.39 is 5.25 Å². The van der Waals surface area contributed by atoms with Crippen LogP contribution < -0.4 is 5.32 Å². The summed E-state index contributed by atoms with van der Waals surface area (Å²) in [6, 6.07) is 8.23. The van der Waals surface area contributed by atoms with Crippen molar-refractivity contribution < 1.29 is 14.3 Å². The lowest BCUT2D eigenvalue weighted by atomic mass is 9.95. The molecule has 7 nitrogen and oxygen atoms in total. The van der Waals surface area contributed by atoms with Crippen molar-refractivity contribution in [2.75, 3.05) is 11.9 Å². The van der Waals surface area contributed by atoms with Gasteiger partial charge in [0.05, 0.1) is 22.9 Å². The highest BCUT2D eigenvalue weighted by atomic mass is 32.2. The Balaban J connectivity index is 1.44. The van der Waals surface area contributed by atoms with Crippen LogP contribution in [0.3, 0.4) is 0 Å². The maximum Gasteiger partial charge on any atom is 0.341 e. The fourth-order valence-electron chi connectivity index (χ4n) is 4.71. The predicted molar refractivity (Wildman–Crippen MR) is 141 cm³/mol. The van der Waals surface area contributed by atoms with Gasteiger partial charge in [-0.3, -0.25) is 9.20 Å². The number of ether oxygens (including phenoxy) is 1. The molecule has 1 N–H and O–H groups in total. The molecule has 1 aliphatic rings. The monoisotopic (exact) mass is 508 g/mol. The Morgan fingerprint density at radius 3 is 2.80 bits per heavy atom. The molecule has 0 bridgehead atoms. The van der Waals surface area contributed by atoms with Gasteiger partial charge in [0, 0.05) is 10.3 Å². The molecule has 4 aromatic rings. The van der Waals surface area contributed by atoms with E-state index in [1.807, 2.05) is 23.5 Å². The Kier molecular flexibility index (Phi) is 6.55. The van der Waals surface area contributed by atoms with E-state index in [-0.39, 0.29) is 11.9 Å². The van der Waals surface area contributed by atoms with Gasteiger partial charge in [0.15, 0.2) is 10.8 Å². The molecule has 0 radical (unpaired) electrons. The van der Waals surface area contributed by atoms with Crippen LogP contribution in [0.4, 0.5) is 5.00 Å². The fraction of sp³-hybridized carbons (Fsp3) is 0.385. The topological polar surface area (TPSA) is 85.6 Å². The molecule has 1 amide bonds. The molecule has 0 spiro atoms. The number of anilines is 1. The van der Waals surface area contributed by atoms with Gasteiger partial charge in [0.1, 0.15) is 5.00 Å². The van der Waals surface area contributed by atoms with Crippen LogP contribution in [-0.2, 0) is 22.4 Å². The third-order valence-electron chi connectivity index (χ3n) is 6.43. The lowest BCUT2D eigenvalue weighted by Crippen LogP contribution is -2.23. The van der Waals surface area contributed by atoms with Crippen molar-refractivity contribution in [2.45, 2.75) is 63.8 Å². The quantitative estimate of drug-likeness (QED) is 0.264. The zero-order valence-electron chi connectivity index (χ0n) is 20.3. The number of aryl methyl sites for hydroxylation is 3. The van der Waals surface area contributed by atoms with Crippen LogP contribution in [0.5, 0.6) is 0 Å². The smallest absolute Gasteiger partial charge is 0.341 e. The van der Waals surface area contributed by atoms with E-state index in [1.165, 1.54) is 28.0 Å². The molecule has 1 aliphatic carbocycles. The average Bonchev–Trinajstić information content (AvgIpc) is 3.40. The van der Waals surface area contributed by atoms with Crippen LogP contribution in [0.1, 0.15) is 58.6 Å². The molecule has 5 rings (SSSR count). The second-order valence-electron chi connectivity index (χ2n) is 8.86. The minimum Gasteiger partial charge on any atom is -0.462 e. The number of hydrogen-bond donors (Lipinski definition) is 1. The highest BCUT2D eigenvalue weighted by Gasteiger charge is 2.29. The van der Waals surface area contributed by atoms with Crippen molar-refractivity contribution in [3.05, 3.63) is 51.4 Å². The Morgan fingerprint density at radius 2 is 2.00 bits per heavy atom. The number of hydrogen-bond acceptors (Lipinski definition) is 7. The van der Waals surface area contributed by atoms with Crippen molar-refractivity contribution in [1.82, 2.24) is 14.6 Å². The van der Waals surface area contributed by atoms with E-state index in [0.29, 0.717) is 22.3 Å². The molecular weight excluding hydrogens is 480 g/mol. The lowest BCUT2D eigenvalue weighted by molar-refractivity contribution is -0.115. The summed E-state index contributed by atoms with van der Waals surface area (Å²) in [7, 11) is 0. The SMILES string of the molecule is CCOC(=O)c1c(NC(=O)C(C)Sc2nnc3cc(C)c4cccc(C)c4n23)sc2c1CCCC2. The van der Waals surface area contributed by atoms with E-state index in [9.17, 15) is 9.59 Å². The molecule has 0 aliphatic heterocycles. The molecule has 1 atom stereocenters. The first-order valence-electron chi connectivity index (χ1n) is 11.9. The minimum absolute atomic E-state index is 0.177. The molecule has 3 aromatic heterocycles. The number of nitrogens with one attached hydrogen (secondary N) is 1. The summed E-state index contributed by atoms with van der Waals surface area (Å²) >= 11 is 2.86. The number of fused-ring (bicyclic) bond motifs is 4. The Hall–Kier alpha value is -2.91. The summed E-state index contributed by atoms with van der Waals surface area (Å²) in [6.45, 7) is 8.09. The number of thioether (sulfide) groups is 1. The number of carbonyl (C=O) groups excluding carboxylic acids is 2. The molecular formula is C26H28N4O3S2. The summed E-state index contributed by atoms with van der Waals surface area (Å²) < 4.78 is 7.35. The summed E-state index contributed by atoms with van der Waals surface area (Å²) in [6.07, 6.45) is 3.92. The summed E-state index contributed by atoms with van der Waals surface area (Å²) in [4.78, 5) is 27.2. The average molecular weight is 509 g/mol. The molecule has 3 heterocycles. The Bertz CT molecular complexity index is 1460. The molecule has 0 saturated carbocycles. The summed E-state index contributed by atoms with van der Waals surface area (Å²) in [5, 5.41) is 13.7. The maximum atomic E-state index is 13.3. The third-order valence-corrected chi connectivity index (χ3v) is 8.68. The van der Waals surface area contributed by atoms with Crippen molar-refractivity contribution in [3.8, 4) is 0 Å². The standard InChI is InChI=1S/C26H28N4O3S2/c1-5-33-25(32)21-18-10-6-7-12-19(18)35-24(21)27-23(31)16(4)34-26-29-28-20-13-15(3)17-11-8-9-14(2)22(17)30(20)26/h8-9,11,13,16H,5-7,10,12H2,1-4H3,(H,27,31). The van der Waals surface area contributed by atoms with Gasteiger partial charge in [-0.15, -0.1) is 21.5 Å². The zero-order chi connectivity index (χ0) is 24.7. The molecule has 1 aromatic carbocycles. The van der Waals surface area contributed by atoms with E-state index in [0.717, 1.165) is 58.9 Å². The number of thiophene rings is 1. The maximum absolute atomic E-state index is 13.3. The van der Waals surface area contributed by atoms with Gasteiger partial charge >= 0.3 is 5.97 Å². The number of esters is 1. The first kappa shape index (κ1) is 23.8. The van der Waals surface area contributed by atoms with Crippen LogP contribution >= 0.6 is 23.1 Å². The molecule has 0 saturated heterocycles. The van der Waals surface area contributed by atoms with Gasteiger partial charge in [-0.25, -0.2) is 4.79 Å². The number of rotatable bonds is 6. The first-order valence-corrected chi connectivity index (χ1v) is 13.6. The number of amides is 1. The van der Waals surface area contributed by atoms with Gasteiger partial charge in [-0.2, -0.15) is 0 Å². The van der Waals surface area contributed by atoms with Crippen LogP contribution in [0.25, 0.3) is 16.6 Å². The largest absolute Gasteiger partial charge is 0.462 e. The molecule has 182 valence electrons. The number of nitrogens with zero attached hydrogens (tertiary/aromatic N) is 3. The molecule has 1 unspecified atom stereocenters. The second-order valence-corrected chi connectivity index (χ2v) is 11.3. The number of para-hydroxylation sites is 1. The van der Waals surface area contributed by atoms with Crippen molar-refractivity contribution in [3.63, 3.8) is 0 Å². The normalized spacial score (nSPS) is 14.2. The van der Waals surface area contributed by atoms with E-state index in [1.54, 1.807) is 6.92 Å². The van der Waals surface area contributed by atoms with Crippen molar-refractivity contribution in [1.29, 1.82) is 0 Å². The minimum atomic E-state index is -0.447. The van der Waals surface area contributed by atoms with Crippen LogP contribution in [0.2, 0.25) is 0 Å². The second kappa shape index (κ2) is 9.62. The summed E-state index contributed by atoms with van der Waals surface area (Å²) in [5.41, 5.74) is 5.64. The van der Waals surface area contributed by atoms with Crippen molar-refractivity contribution >= 4 is 56.5 Å². The Morgan fingerprint density at radius 1 is 1.20 bits per heavy atom. The third kappa shape index (κ3) is 4.31. The fourth-order valence-corrected chi connectivity index (χ4v) is 6.85. The van der Waals surface area contributed by atoms with E-state index in [2.05, 4.69) is 41.5 Å². The van der Waals surface area contributed by atoms with Crippen LogP contribution in [0, 0.1) is 13.8 Å². The van der Waals surface area contributed by atoms with Crippen molar-refractivity contribution in [2.24, 2.45) is 0 Å². The van der Waals surface area contributed by atoms with Crippen LogP contribution in [0.15, 0.2) is 29.4 Å². The van der Waals surface area contributed by atoms with Gasteiger partial charge in [-0.05, 0) is 76.1 Å². The number of aromatic nitrogens is 3. The molecule has 0 fully saturated rings. The lowest BCUT2D eigenvalue weighted by Gasteiger charge is -2.14. The first-order chi connectivity index (χ1) is 16.9. The molecule has 9 heteroatoms. The highest BCUT2D eigenvalue weighted by Crippen LogP contribution is 2.39. The van der Waals surface area contributed by atoms with Gasteiger partial charge in [-0.1, -0.05) is 30.0 Å². The number of pyridine rings is 1. The number of benzene rings is 1. The molecule has 35 heavy (non-hydrogen) atoms. The van der Waals surface area contributed by atoms with E-state index >= 15 is 0 Å². The van der Waals surface area contributed by atoms with Crippen LogP contribution in [-0.4, -0.2) is 38.3 Å². The summed E-state index contributed by atoms with van der Waals surface area (Å²) in [5.74, 6) is -0.535. The predicted octanol–water partition coefficient (Wildman–Crippen LogP) is 5.74. The van der Waals surface area contributed by atoms with Gasteiger partial charge < -0.3 is 10.1 Å². The van der Waals surface area contributed by atoms with E-state index in [4.69, 9.17) is 4.74 Å². The zero-order valence-corrected chi connectivity index (χ0v) is 21.9.